The molecule has 53 heavy (non-hydrogen) atoms. The van der Waals surface area contributed by atoms with Gasteiger partial charge in [-0.25, -0.2) is 9.78 Å². The molecule has 1 aliphatic heterocycles. The molecule has 12 nitrogen and oxygen atoms in total. The van der Waals surface area contributed by atoms with Crippen LogP contribution < -0.4 is 4.74 Å². The number of aryl methyl sites for hydroxylation is 1. The molecular weight excluding hydrogens is 727 g/mol. The normalized spacial score (nSPS) is 20.3. The number of aromatic nitrogens is 1. The highest BCUT2D eigenvalue weighted by Gasteiger charge is 2.48. The number of benzene rings is 2. The number of aliphatic hydroxyl groups is 5. The van der Waals surface area contributed by atoms with Crippen molar-refractivity contribution in [2.45, 2.75) is 94.1 Å². The molecular formula is C39H48Cl2N2O10. The molecule has 1 unspecified atom stereocenters. The van der Waals surface area contributed by atoms with Crippen molar-refractivity contribution < 1.29 is 49.6 Å². The molecule has 0 radical (unpaired) electrons. The Hall–Kier alpha value is -2.88. The van der Waals surface area contributed by atoms with Gasteiger partial charge in [0.15, 0.2) is 0 Å². The number of unbranched alkanes of at least 4 members (excludes halogenated alkanes) is 1. The molecule has 5 N–H and O–H groups in total. The van der Waals surface area contributed by atoms with Crippen LogP contribution in [-0.2, 0) is 37.9 Å². The molecule has 1 saturated heterocycles. The van der Waals surface area contributed by atoms with E-state index < -0.39 is 42.5 Å². The average molecular weight is 776 g/mol. The van der Waals surface area contributed by atoms with Gasteiger partial charge < -0.3 is 39.9 Å². The molecule has 1 amide bonds. The second-order valence-corrected chi connectivity index (χ2v) is 15.0. The van der Waals surface area contributed by atoms with Crippen LogP contribution in [-0.4, -0.2) is 105 Å². The third-order valence-corrected chi connectivity index (χ3v) is 10.9. The van der Waals surface area contributed by atoms with Gasteiger partial charge in [0.1, 0.15) is 30.2 Å². The number of hydrogen-bond donors (Lipinski definition) is 5. The molecule has 3 aliphatic rings. The molecule has 3 aromatic rings. The van der Waals surface area contributed by atoms with Gasteiger partial charge >= 0.3 is 0 Å². The molecule has 0 spiro atoms. The zero-order chi connectivity index (χ0) is 37.5. The molecule has 2 saturated carbocycles. The van der Waals surface area contributed by atoms with Crippen LogP contribution >= 0.6 is 23.2 Å². The van der Waals surface area contributed by atoms with Gasteiger partial charge in [0.05, 0.1) is 44.1 Å². The van der Waals surface area contributed by atoms with Crippen molar-refractivity contribution in [3.8, 4) is 16.9 Å². The molecule has 6 rings (SSSR count). The number of ether oxygens (including phenoxy) is 2. The predicted octanol–water partition coefficient (Wildman–Crippen LogP) is 4.36. The predicted molar refractivity (Wildman–Crippen MR) is 196 cm³/mol. The number of nitrogens with zero attached hydrogens (tertiary/aromatic N) is 2. The molecule has 0 bridgehead atoms. The Morgan fingerprint density at radius 3 is 2.40 bits per heavy atom. The summed E-state index contributed by atoms with van der Waals surface area (Å²) in [5.41, 5.74) is 4.20. The van der Waals surface area contributed by atoms with E-state index in [4.69, 9.17) is 47.6 Å². The summed E-state index contributed by atoms with van der Waals surface area (Å²) in [6, 6.07) is 13.8. The standard InChI is InChI=1S/C39H48Cl2N2O10/c40-31-18-26(22-50-39(12-13-39)30-19-42-14-10-28(30)29-6-1-2-7-35(29)53-27-8-9-27)32(41)17-24(31)5-3-4-15-43(38(49)25-11-16-51-52-23-25)20-33(45)36(47)37(48)34(46)21-44/h1-2,6-7,10,14,17-19,25,27,33-34,36-37,44-48H,3-5,8-9,11-13,15-16,20-23H2/t25?,33-,34+,36+,37+/m0/s1. The van der Waals surface area contributed by atoms with E-state index in [1.54, 1.807) is 6.20 Å². The van der Waals surface area contributed by atoms with E-state index in [0.29, 0.717) is 35.7 Å². The summed E-state index contributed by atoms with van der Waals surface area (Å²) in [6.07, 6.45) is 3.15. The van der Waals surface area contributed by atoms with Crippen molar-refractivity contribution >= 4 is 29.1 Å². The lowest BCUT2D eigenvalue weighted by atomic mass is 9.96. The van der Waals surface area contributed by atoms with Crippen LogP contribution in [0.3, 0.4) is 0 Å². The van der Waals surface area contributed by atoms with Gasteiger partial charge in [-0.1, -0.05) is 41.4 Å². The number of carbonyl (C=O) groups is 1. The molecule has 1 aromatic heterocycles. The lowest BCUT2D eigenvalue weighted by molar-refractivity contribution is -0.322. The number of rotatable bonds is 19. The van der Waals surface area contributed by atoms with Crippen molar-refractivity contribution in [1.29, 1.82) is 0 Å². The van der Waals surface area contributed by atoms with E-state index >= 15 is 0 Å². The number of aliphatic hydroxyl groups excluding tert-OH is 5. The first kappa shape index (κ1) is 39.8. The molecule has 2 aromatic carbocycles. The van der Waals surface area contributed by atoms with Crippen LogP contribution in [0.2, 0.25) is 10.0 Å². The van der Waals surface area contributed by atoms with E-state index in [1.165, 1.54) is 4.90 Å². The van der Waals surface area contributed by atoms with Crippen LogP contribution in [0.1, 0.15) is 61.6 Å². The monoisotopic (exact) mass is 774 g/mol. The Bertz CT molecular complexity index is 1680. The molecule has 14 heteroatoms. The van der Waals surface area contributed by atoms with Gasteiger partial charge in [0, 0.05) is 46.7 Å². The Labute approximate surface area is 319 Å². The summed E-state index contributed by atoms with van der Waals surface area (Å²) in [6.45, 7) is -0.294. The van der Waals surface area contributed by atoms with Gasteiger partial charge in [-0.15, -0.1) is 0 Å². The van der Waals surface area contributed by atoms with Crippen molar-refractivity contribution in [1.82, 2.24) is 9.88 Å². The smallest absolute Gasteiger partial charge is 0.228 e. The summed E-state index contributed by atoms with van der Waals surface area (Å²) in [5.74, 6) is 0.0775. The van der Waals surface area contributed by atoms with Gasteiger partial charge in [-0.3, -0.25) is 9.78 Å². The summed E-state index contributed by atoms with van der Waals surface area (Å²) in [7, 11) is 0. The zero-order valence-corrected chi connectivity index (χ0v) is 31.0. The fourth-order valence-electron chi connectivity index (χ4n) is 6.62. The van der Waals surface area contributed by atoms with E-state index in [-0.39, 0.29) is 44.9 Å². The van der Waals surface area contributed by atoms with Crippen molar-refractivity contribution in [3.05, 3.63) is 81.6 Å². The lowest BCUT2D eigenvalue weighted by Gasteiger charge is -2.33. The highest BCUT2D eigenvalue weighted by Crippen LogP contribution is 2.53. The topological polar surface area (TPSA) is 171 Å². The summed E-state index contributed by atoms with van der Waals surface area (Å²) < 4.78 is 12.8. The first-order chi connectivity index (χ1) is 25.6. The van der Waals surface area contributed by atoms with E-state index in [0.717, 1.165) is 59.3 Å². The number of amides is 1. The minimum absolute atomic E-state index is 0.0534. The van der Waals surface area contributed by atoms with Crippen LogP contribution in [0.15, 0.2) is 54.9 Å². The maximum Gasteiger partial charge on any atom is 0.228 e. The van der Waals surface area contributed by atoms with Crippen LogP contribution in [0.5, 0.6) is 5.75 Å². The van der Waals surface area contributed by atoms with E-state index in [9.17, 15) is 25.2 Å². The Morgan fingerprint density at radius 2 is 1.68 bits per heavy atom. The van der Waals surface area contributed by atoms with Crippen molar-refractivity contribution in [2.24, 2.45) is 5.92 Å². The summed E-state index contributed by atoms with van der Waals surface area (Å²) in [4.78, 5) is 29.2. The number of halogens is 2. The van der Waals surface area contributed by atoms with Gasteiger partial charge in [-0.05, 0) is 92.3 Å². The highest BCUT2D eigenvalue weighted by molar-refractivity contribution is 6.34. The second kappa shape index (κ2) is 18.2. The molecule has 3 fully saturated rings. The summed E-state index contributed by atoms with van der Waals surface area (Å²) >= 11 is 13.6. The maximum absolute atomic E-state index is 13.4. The summed E-state index contributed by atoms with van der Waals surface area (Å²) in [5, 5.41) is 51.0. The average Bonchev–Trinajstić information content (AvgIpc) is 4.13. The van der Waals surface area contributed by atoms with Crippen LogP contribution in [0.4, 0.5) is 0 Å². The second-order valence-electron chi connectivity index (χ2n) is 14.2. The molecule has 288 valence electrons. The fraction of sp³-hybridized carbons (Fsp3) is 0.538. The third-order valence-electron chi connectivity index (χ3n) is 10.2. The van der Waals surface area contributed by atoms with Gasteiger partial charge in [0.25, 0.3) is 0 Å². The van der Waals surface area contributed by atoms with Crippen LogP contribution in [0, 0.1) is 5.92 Å². The zero-order valence-electron chi connectivity index (χ0n) is 29.5. The Morgan fingerprint density at radius 1 is 0.943 bits per heavy atom. The molecule has 2 aliphatic carbocycles. The van der Waals surface area contributed by atoms with Gasteiger partial charge in [-0.2, -0.15) is 0 Å². The number of para-hydroxylation sites is 1. The maximum atomic E-state index is 13.4. The van der Waals surface area contributed by atoms with E-state index in [1.807, 2.05) is 42.6 Å². The van der Waals surface area contributed by atoms with Crippen molar-refractivity contribution in [3.63, 3.8) is 0 Å². The minimum atomic E-state index is -1.80. The molecule has 5 atom stereocenters. The Balaban J connectivity index is 1.06. The van der Waals surface area contributed by atoms with Crippen molar-refractivity contribution in [2.75, 3.05) is 32.9 Å². The third kappa shape index (κ3) is 10.1. The number of carbonyl (C=O) groups excluding carboxylic acids is 1. The van der Waals surface area contributed by atoms with Crippen LogP contribution in [0.25, 0.3) is 11.1 Å². The van der Waals surface area contributed by atoms with E-state index in [2.05, 4.69) is 11.1 Å². The fourth-order valence-corrected chi connectivity index (χ4v) is 7.15. The first-order valence-electron chi connectivity index (χ1n) is 18.3. The highest BCUT2D eigenvalue weighted by atomic mass is 35.5. The molecule has 2 heterocycles. The number of pyridine rings is 1. The Kier molecular flexibility index (Phi) is 13.6. The minimum Gasteiger partial charge on any atom is -0.490 e. The van der Waals surface area contributed by atoms with Gasteiger partial charge in [0.2, 0.25) is 5.91 Å². The first-order valence-corrected chi connectivity index (χ1v) is 19.0. The SMILES string of the molecule is O=C(C1CCOOC1)N(CCCCc1cc(Cl)c(COC2(c3cnccc3-c3ccccc3OC3CC3)CC2)cc1Cl)C[C@H](O)[C@@H](O)[C@H](O)[C@H](O)CO. The number of hydrogen-bond acceptors (Lipinski definition) is 11. The largest absolute Gasteiger partial charge is 0.490 e. The lowest BCUT2D eigenvalue weighted by Crippen LogP contribution is -2.52. The quantitative estimate of drug-likeness (QED) is 0.0867.